The molecule has 1 heterocycles. The Balaban J connectivity index is 2.27. The molecule has 1 aromatic heterocycles. The van der Waals surface area contributed by atoms with Crippen molar-refractivity contribution in [1.82, 2.24) is 5.32 Å². The Labute approximate surface area is 108 Å². The summed E-state index contributed by atoms with van der Waals surface area (Å²) in [5, 5.41) is 3.63. The fourth-order valence-corrected chi connectivity index (χ4v) is 4.00. The number of hydrogen-bond donors (Lipinski definition) is 1. The molecule has 1 aromatic rings. The predicted octanol–water partition coefficient (Wildman–Crippen LogP) is 3.67. The van der Waals surface area contributed by atoms with Crippen molar-refractivity contribution in [3.8, 4) is 0 Å². The lowest BCUT2D eigenvalue weighted by molar-refractivity contribution is -0.0354. The molecule has 1 saturated carbocycles. The number of aryl methyl sites for hydroxylation is 1. The minimum absolute atomic E-state index is 0.0211. The molecule has 1 aliphatic carbocycles. The topological polar surface area (TPSA) is 21.3 Å². The molecule has 0 aromatic carbocycles. The highest BCUT2D eigenvalue weighted by atomic mass is 32.1. The minimum atomic E-state index is 0.0211. The summed E-state index contributed by atoms with van der Waals surface area (Å²) in [4.78, 5) is 2.81. The predicted molar refractivity (Wildman–Crippen MR) is 73.7 cm³/mol. The van der Waals surface area contributed by atoms with Crippen LogP contribution in [0.4, 0.5) is 0 Å². The van der Waals surface area contributed by atoms with Crippen molar-refractivity contribution in [2.24, 2.45) is 0 Å². The third-order valence-electron chi connectivity index (χ3n) is 3.84. The van der Waals surface area contributed by atoms with Crippen LogP contribution in [0.3, 0.4) is 0 Å². The van der Waals surface area contributed by atoms with Gasteiger partial charge in [-0.2, -0.15) is 0 Å². The third kappa shape index (κ3) is 2.56. The molecule has 1 N–H and O–H groups in total. The molecule has 0 aliphatic heterocycles. The molecular weight excluding hydrogens is 230 g/mol. The molecule has 1 aliphatic rings. The van der Waals surface area contributed by atoms with Gasteiger partial charge in [0.25, 0.3) is 0 Å². The van der Waals surface area contributed by atoms with Gasteiger partial charge in [-0.3, -0.25) is 0 Å². The van der Waals surface area contributed by atoms with Crippen LogP contribution in [0.25, 0.3) is 0 Å². The van der Waals surface area contributed by atoms with Crippen LogP contribution < -0.4 is 5.32 Å². The Morgan fingerprint density at radius 1 is 1.41 bits per heavy atom. The molecular formula is C14H23NOS. The number of rotatable bonds is 5. The van der Waals surface area contributed by atoms with Crippen molar-refractivity contribution >= 4 is 11.3 Å². The Kier molecular flexibility index (Phi) is 4.23. The highest BCUT2D eigenvalue weighted by molar-refractivity contribution is 7.12. The first kappa shape index (κ1) is 13.1. The summed E-state index contributed by atoms with van der Waals surface area (Å²) in [7, 11) is 1.87. The minimum Gasteiger partial charge on any atom is -0.376 e. The van der Waals surface area contributed by atoms with Crippen molar-refractivity contribution < 1.29 is 4.74 Å². The molecule has 0 bridgehead atoms. The van der Waals surface area contributed by atoms with E-state index in [1.165, 1.54) is 35.4 Å². The molecule has 1 atom stereocenters. The second kappa shape index (κ2) is 5.51. The monoisotopic (exact) mass is 253 g/mol. The van der Waals surface area contributed by atoms with Crippen molar-refractivity contribution in [3.63, 3.8) is 0 Å². The van der Waals surface area contributed by atoms with Gasteiger partial charge in [0, 0.05) is 16.9 Å². The number of likely N-dealkylation sites (N-methyl/N-ethyl adjacent to an activating group) is 1. The van der Waals surface area contributed by atoms with Crippen molar-refractivity contribution in [2.45, 2.75) is 51.2 Å². The van der Waals surface area contributed by atoms with Gasteiger partial charge in [-0.1, -0.05) is 19.8 Å². The first-order chi connectivity index (χ1) is 8.22. The van der Waals surface area contributed by atoms with Gasteiger partial charge in [-0.05, 0) is 38.4 Å². The van der Waals surface area contributed by atoms with Crippen molar-refractivity contribution in [3.05, 3.63) is 21.9 Å². The Hall–Kier alpha value is -0.380. The fourth-order valence-electron chi connectivity index (χ4n) is 2.94. The third-order valence-corrected chi connectivity index (χ3v) is 4.90. The molecule has 17 heavy (non-hydrogen) atoms. The van der Waals surface area contributed by atoms with Gasteiger partial charge in [-0.15, -0.1) is 11.3 Å². The maximum Gasteiger partial charge on any atom is 0.0880 e. The number of ether oxygens (including phenoxy) is 1. The normalized spacial score (nSPS) is 20.6. The first-order valence-corrected chi connectivity index (χ1v) is 7.38. The van der Waals surface area contributed by atoms with E-state index in [4.69, 9.17) is 4.74 Å². The van der Waals surface area contributed by atoms with Crippen LogP contribution in [0.1, 0.15) is 48.4 Å². The van der Waals surface area contributed by atoms with E-state index >= 15 is 0 Å². The summed E-state index contributed by atoms with van der Waals surface area (Å²) in [5.74, 6) is 0. The highest BCUT2D eigenvalue weighted by Crippen LogP contribution is 2.44. The molecule has 0 spiro atoms. The van der Waals surface area contributed by atoms with E-state index < -0.39 is 0 Å². The number of nitrogens with one attached hydrogen (secondary N) is 1. The number of thiophene rings is 1. The van der Waals surface area contributed by atoms with Crippen LogP contribution in [0.15, 0.2) is 12.1 Å². The van der Waals surface area contributed by atoms with Gasteiger partial charge in [-0.25, -0.2) is 0 Å². The number of methoxy groups -OCH3 is 1. The van der Waals surface area contributed by atoms with E-state index in [9.17, 15) is 0 Å². The lowest BCUT2D eigenvalue weighted by Crippen LogP contribution is -2.43. The Morgan fingerprint density at radius 2 is 2.12 bits per heavy atom. The van der Waals surface area contributed by atoms with Crippen molar-refractivity contribution in [1.29, 1.82) is 0 Å². The van der Waals surface area contributed by atoms with E-state index in [0.717, 1.165) is 6.54 Å². The van der Waals surface area contributed by atoms with Gasteiger partial charge in [0.05, 0.1) is 11.6 Å². The molecule has 0 amide bonds. The molecule has 2 rings (SSSR count). The molecule has 96 valence electrons. The van der Waals surface area contributed by atoms with Crippen LogP contribution >= 0.6 is 11.3 Å². The molecule has 3 heteroatoms. The fraction of sp³-hybridized carbons (Fsp3) is 0.714. The first-order valence-electron chi connectivity index (χ1n) is 6.57. The summed E-state index contributed by atoms with van der Waals surface area (Å²) in [6.45, 7) is 5.34. The summed E-state index contributed by atoms with van der Waals surface area (Å²) in [6.07, 6.45) is 4.94. The number of hydrogen-bond acceptors (Lipinski definition) is 3. The summed E-state index contributed by atoms with van der Waals surface area (Å²) < 4.78 is 5.92. The van der Waals surface area contributed by atoms with Gasteiger partial charge in [0.15, 0.2) is 0 Å². The maximum atomic E-state index is 5.92. The van der Waals surface area contributed by atoms with E-state index in [0.29, 0.717) is 6.04 Å². The quantitative estimate of drug-likeness (QED) is 0.864. The van der Waals surface area contributed by atoms with Crippen molar-refractivity contribution in [2.75, 3.05) is 13.7 Å². The summed E-state index contributed by atoms with van der Waals surface area (Å²) in [6, 6.07) is 4.83. The van der Waals surface area contributed by atoms with E-state index in [1.54, 1.807) is 0 Å². The maximum absolute atomic E-state index is 5.92. The molecule has 0 saturated heterocycles. The molecule has 0 radical (unpaired) electrons. The van der Waals surface area contributed by atoms with Crippen LogP contribution in [0.2, 0.25) is 0 Å². The molecule has 1 unspecified atom stereocenters. The van der Waals surface area contributed by atoms with Crippen LogP contribution in [-0.4, -0.2) is 19.3 Å². The van der Waals surface area contributed by atoms with E-state index in [2.05, 4.69) is 31.3 Å². The smallest absolute Gasteiger partial charge is 0.0880 e. The zero-order valence-electron chi connectivity index (χ0n) is 11.1. The van der Waals surface area contributed by atoms with Crippen LogP contribution in [0.5, 0.6) is 0 Å². The lowest BCUT2D eigenvalue weighted by Gasteiger charge is -2.36. The van der Waals surface area contributed by atoms with E-state index in [1.807, 2.05) is 18.4 Å². The highest BCUT2D eigenvalue weighted by Gasteiger charge is 2.42. The average Bonchev–Trinajstić information content (AvgIpc) is 2.95. The molecule has 1 fully saturated rings. The van der Waals surface area contributed by atoms with Gasteiger partial charge in [0.2, 0.25) is 0 Å². The lowest BCUT2D eigenvalue weighted by atomic mass is 9.90. The van der Waals surface area contributed by atoms with E-state index in [-0.39, 0.29) is 5.60 Å². The largest absolute Gasteiger partial charge is 0.376 e. The SMILES string of the molecule is CCNC(c1ccc(C)s1)C1(OC)CCCC1. The average molecular weight is 253 g/mol. The summed E-state index contributed by atoms with van der Waals surface area (Å²) >= 11 is 1.89. The second-order valence-electron chi connectivity index (χ2n) is 4.92. The van der Waals surface area contributed by atoms with Gasteiger partial charge in [0.1, 0.15) is 0 Å². The Bertz CT molecular complexity index is 355. The zero-order chi connectivity index (χ0) is 12.3. The standard InChI is InChI=1S/C14H23NOS/c1-4-15-13(12-8-7-11(2)17-12)14(16-3)9-5-6-10-14/h7-8,13,15H,4-6,9-10H2,1-3H3. The van der Waals surface area contributed by atoms with Crippen LogP contribution in [0, 0.1) is 6.92 Å². The van der Waals surface area contributed by atoms with Gasteiger partial charge >= 0.3 is 0 Å². The van der Waals surface area contributed by atoms with Gasteiger partial charge < -0.3 is 10.1 Å². The molecule has 2 nitrogen and oxygen atoms in total. The Morgan fingerprint density at radius 3 is 2.59 bits per heavy atom. The summed E-state index contributed by atoms with van der Waals surface area (Å²) in [5.41, 5.74) is 0.0211. The second-order valence-corrected chi connectivity index (χ2v) is 6.23. The zero-order valence-corrected chi connectivity index (χ0v) is 11.9. The van der Waals surface area contributed by atoms with Crippen LogP contribution in [-0.2, 0) is 4.74 Å².